The summed E-state index contributed by atoms with van der Waals surface area (Å²) >= 11 is 5.79. The Balaban J connectivity index is 2.81. The van der Waals surface area contributed by atoms with Gasteiger partial charge in [-0.3, -0.25) is 4.90 Å². The first-order valence-corrected chi connectivity index (χ1v) is 6.33. The fraction of sp³-hybridized carbons (Fsp3) is 0.538. The van der Waals surface area contributed by atoms with Gasteiger partial charge in [-0.2, -0.15) is 0 Å². The first-order valence-electron chi connectivity index (χ1n) is 5.95. The lowest BCUT2D eigenvalue weighted by atomic mass is 10.1. The predicted octanol–water partition coefficient (Wildman–Crippen LogP) is 3.21. The van der Waals surface area contributed by atoms with E-state index < -0.39 is 0 Å². The van der Waals surface area contributed by atoms with Crippen molar-refractivity contribution in [2.75, 3.05) is 20.1 Å². The van der Waals surface area contributed by atoms with E-state index in [9.17, 15) is 4.39 Å². The number of benzene rings is 1. The summed E-state index contributed by atoms with van der Waals surface area (Å²) in [4.78, 5) is 2.19. The average Bonchev–Trinajstić information content (AvgIpc) is 2.32. The zero-order valence-corrected chi connectivity index (χ0v) is 11.2. The van der Waals surface area contributed by atoms with Crippen LogP contribution >= 0.6 is 11.6 Å². The molecule has 0 saturated heterocycles. The molecule has 96 valence electrons. The smallest absolute Gasteiger partial charge is 0.141 e. The predicted molar refractivity (Wildman–Crippen MR) is 70.7 cm³/mol. The van der Waals surface area contributed by atoms with Crippen LogP contribution in [0.25, 0.3) is 0 Å². The van der Waals surface area contributed by atoms with Gasteiger partial charge < -0.3 is 5.73 Å². The molecule has 1 unspecified atom stereocenters. The minimum atomic E-state index is -0.387. The Morgan fingerprint density at radius 2 is 2.18 bits per heavy atom. The fourth-order valence-electron chi connectivity index (χ4n) is 1.85. The molecule has 2 nitrogen and oxygen atoms in total. The van der Waals surface area contributed by atoms with Gasteiger partial charge in [0.2, 0.25) is 0 Å². The molecule has 0 saturated carbocycles. The molecule has 0 fully saturated rings. The first-order chi connectivity index (χ1) is 8.10. The third kappa shape index (κ3) is 3.95. The van der Waals surface area contributed by atoms with Gasteiger partial charge in [0.25, 0.3) is 0 Å². The van der Waals surface area contributed by atoms with Crippen LogP contribution in [0.1, 0.15) is 31.4 Å². The quantitative estimate of drug-likeness (QED) is 0.849. The molecule has 17 heavy (non-hydrogen) atoms. The van der Waals surface area contributed by atoms with E-state index >= 15 is 0 Å². The zero-order chi connectivity index (χ0) is 12.8. The van der Waals surface area contributed by atoms with Gasteiger partial charge in [0.05, 0.1) is 5.02 Å². The summed E-state index contributed by atoms with van der Waals surface area (Å²) in [5.41, 5.74) is 6.76. The molecule has 0 aromatic heterocycles. The molecule has 0 heterocycles. The largest absolute Gasteiger partial charge is 0.329 e. The molecule has 1 rings (SSSR count). The Kier molecular flexibility index (Phi) is 5.89. The summed E-state index contributed by atoms with van der Waals surface area (Å²) in [6, 6.07) is 4.91. The summed E-state index contributed by atoms with van der Waals surface area (Å²) in [5.74, 6) is -0.387. The number of unbranched alkanes of at least 4 members (excludes halogenated alkanes) is 1. The van der Waals surface area contributed by atoms with E-state index in [1.807, 2.05) is 7.05 Å². The summed E-state index contributed by atoms with van der Waals surface area (Å²) in [7, 11) is 2.03. The van der Waals surface area contributed by atoms with Gasteiger partial charge in [-0.05, 0) is 37.7 Å². The van der Waals surface area contributed by atoms with Crippen LogP contribution in [0, 0.1) is 5.82 Å². The van der Waals surface area contributed by atoms with Gasteiger partial charge >= 0.3 is 0 Å². The number of nitrogens with zero attached hydrogens (tertiary/aromatic N) is 1. The molecule has 0 amide bonds. The maximum absolute atomic E-state index is 13.1. The van der Waals surface area contributed by atoms with E-state index in [1.165, 1.54) is 6.07 Å². The van der Waals surface area contributed by atoms with Crippen molar-refractivity contribution in [3.63, 3.8) is 0 Å². The van der Waals surface area contributed by atoms with Crippen molar-refractivity contribution in [3.05, 3.63) is 34.6 Å². The van der Waals surface area contributed by atoms with Gasteiger partial charge in [0.1, 0.15) is 5.82 Å². The van der Waals surface area contributed by atoms with Crippen LogP contribution in [-0.2, 0) is 0 Å². The lowest BCUT2D eigenvalue weighted by Gasteiger charge is -2.27. The second-order valence-corrected chi connectivity index (χ2v) is 4.67. The maximum Gasteiger partial charge on any atom is 0.141 e. The van der Waals surface area contributed by atoms with Crippen LogP contribution in [0.4, 0.5) is 4.39 Å². The van der Waals surface area contributed by atoms with Crippen molar-refractivity contribution in [2.45, 2.75) is 25.8 Å². The minimum Gasteiger partial charge on any atom is -0.329 e. The summed E-state index contributed by atoms with van der Waals surface area (Å²) in [6.07, 6.45) is 2.27. The monoisotopic (exact) mass is 258 g/mol. The molecule has 4 heteroatoms. The van der Waals surface area contributed by atoms with Gasteiger partial charge in [-0.15, -0.1) is 0 Å². The van der Waals surface area contributed by atoms with E-state index in [0.29, 0.717) is 6.54 Å². The molecule has 0 radical (unpaired) electrons. The highest BCUT2D eigenvalue weighted by molar-refractivity contribution is 6.30. The van der Waals surface area contributed by atoms with E-state index in [-0.39, 0.29) is 16.9 Å². The van der Waals surface area contributed by atoms with Crippen LogP contribution in [0.3, 0.4) is 0 Å². The standard InChI is InChI=1S/C13H20ClFN2/c1-3-4-7-17(2)13(9-16)10-5-6-12(15)11(14)8-10/h5-6,8,13H,3-4,7,9,16H2,1-2H3. The van der Waals surface area contributed by atoms with Crippen LogP contribution in [0.15, 0.2) is 18.2 Å². The molecule has 2 N–H and O–H groups in total. The fourth-order valence-corrected chi connectivity index (χ4v) is 2.04. The van der Waals surface area contributed by atoms with Crippen molar-refractivity contribution in [1.82, 2.24) is 4.90 Å². The minimum absolute atomic E-state index is 0.0969. The molecule has 0 aliphatic carbocycles. The normalized spacial score (nSPS) is 13.1. The van der Waals surface area contributed by atoms with Gasteiger partial charge in [-0.1, -0.05) is 31.0 Å². The summed E-state index contributed by atoms with van der Waals surface area (Å²) in [6.45, 7) is 3.63. The molecule has 0 bridgehead atoms. The number of nitrogens with two attached hydrogens (primary N) is 1. The Labute approximate surface area is 108 Å². The second kappa shape index (κ2) is 6.94. The molecule has 1 aromatic carbocycles. The van der Waals surface area contributed by atoms with Crippen molar-refractivity contribution in [1.29, 1.82) is 0 Å². The molecule has 0 aliphatic heterocycles. The molecule has 0 spiro atoms. The topological polar surface area (TPSA) is 29.3 Å². The lowest BCUT2D eigenvalue weighted by Crippen LogP contribution is -2.31. The van der Waals surface area contributed by atoms with E-state index in [4.69, 9.17) is 17.3 Å². The van der Waals surface area contributed by atoms with Crippen molar-refractivity contribution in [2.24, 2.45) is 5.73 Å². The van der Waals surface area contributed by atoms with E-state index in [2.05, 4.69) is 11.8 Å². The summed E-state index contributed by atoms with van der Waals surface area (Å²) < 4.78 is 13.1. The van der Waals surface area contributed by atoms with Crippen LogP contribution in [0.2, 0.25) is 5.02 Å². The molecule has 1 atom stereocenters. The Bertz CT molecular complexity index is 357. The SMILES string of the molecule is CCCCN(C)C(CN)c1ccc(F)c(Cl)c1. The number of hydrogen-bond donors (Lipinski definition) is 1. The van der Waals surface area contributed by atoms with Gasteiger partial charge in [-0.25, -0.2) is 4.39 Å². The zero-order valence-electron chi connectivity index (χ0n) is 10.4. The molecular formula is C13H20ClFN2. The lowest BCUT2D eigenvalue weighted by molar-refractivity contribution is 0.246. The van der Waals surface area contributed by atoms with Crippen molar-refractivity contribution >= 4 is 11.6 Å². The molecular weight excluding hydrogens is 239 g/mol. The van der Waals surface area contributed by atoms with Crippen molar-refractivity contribution < 1.29 is 4.39 Å². The highest BCUT2D eigenvalue weighted by Crippen LogP contribution is 2.23. The van der Waals surface area contributed by atoms with E-state index in [0.717, 1.165) is 24.9 Å². The van der Waals surface area contributed by atoms with Crippen LogP contribution < -0.4 is 5.73 Å². The van der Waals surface area contributed by atoms with Crippen LogP contribution in [0.5, 0.6) is 0 Å². The Hall–Kier alpha value is -0.640. The highest BCUT2D eigenvalue weighted by Gasteiger charge is 2.16. The van der Waals surface area contributed by atoms with Gasteiger partial charge in [0.15, 0.2) is 0 Å². The third-order valence-electron chi connectivity index (χ3n) is 2.95. The third-order valence-corrected chi connectivity index (χ3v) is 3.24. The first kappa shape index (κ1) is 14.4. The van der Waals surface area contributed by atoms with Crippen LogP contribution in [-0.4, -0.2) is 25.0 Å². The summed E-state index contributed by atoms with van der Waals surface area (Å²) in [5, 5.41) is 0.157. The number of rotatable bonds is 6. The average molecular weight is 259 g/mol. The Morgan fingerprint density at radius 1 is 1.47 bits per heavy atom. The maximum atomic E-state index is 13.1. The molecule has 1 aromatic rings. The molecule has 0 aliphatic rings. The highest BCUT2D eigenvalue weighted by atomic mass is 35.5. The Morgan fingerprint density at radius 3 is 2.71 bits per heavy atom. The van der Waals surface area contributed by atoms with E-state index in [1.54, 1.807) is 12.1 Å². The van der Waals surface area contributed by atoms with Gasteiger partial charge in [0, 0.05) is 12.6 Å². The number of halogens is 2. The van der Waals surface area contributed by atoms with Crippen molar-refractivity contribution in [3.8, 4) is 0 Å². The second-order valence-electron chi connectivity index (χ2n) is 4.26. The number of hydrogen-bond acceptors (Lipinski definition) is 2. The number of likely N-dealkylation sites (N-methyl/N-ethyl adjacent to an activating group) is 1.